The van der Waals surface area contributed by atoms with Gasteiger partial charge < -0.3 is 14.5 Å². The maximum atomic E-state index is 12.2. The van der Waals surface area contributed by atoms with Crippen molar-refractivity contribution in [1.29, 1.82) is 0 Å². The van der Waals surface area contributed by atoms with E-state index in [0.29, 0.717) is 23.3 Å². The standard InChI is InChI=1S/C28H23IN4O3S/c1-35-25-14-18(15-30-33-26(34)17-37-28-31-23-11-4-5-12-24(23)32-28)13-22(29)27(25)36-16-20-9-6-8-19-7-2-3-10-21(19)20/h2-15H,16-17H2,1H3,(H,31,32)(H,33,34)/b30-15-. The maximum Gasteiger partial charge on any atom is 0.250 e. The van der Waals surface area contributed by atoms with Crippen molar-refractivity contribution in [2.24, 2.45) is 5.10 Å². The summed E-state index contributed by atoms with van der Waals surface area (Å²) in [7, 11) is 1.61. The van der Waals surface area contributed by atoms with Crippen molar-refractivity contribution in [2.45, 2.75) is 11.8 Å². The summed E-state index contributed by atoms with van der Waals surface area (Å²) in [6.45, 7) is 0.417. The Kier molecular flexibility index (Phi) is 7.90. The molecular formula is C28H23IN4O3S. The van der Waals surface area contributed by atoms with Crippen LogP contribution in [0.2, 0.25) is 0 Å². The van der Waals surface area contributed by atoms with E-state index in [4.69, 9.17) is 9.47 Å². The average molecular weight is 622 g/mol. The van der Waals surface area contributed by atoms with Gasteiger partial charge in [-0.05, 0) is 68.8 Å². The summed E-state index contributed by atoms with van der Waals surface area (Å²) in [6.07, 6.45) is 1.59. The first-order chi connectivity index (χ1) is 18.1. The molecule has 37 heavy (non-hydrogen) atoms. The summed E-state index contributed by atoms with van der Waals surface area (Å²) in [5, 5.41) is 7.14. The number of carbonyl (C=O) groups is 1. The highest BCUT2D eigenvalue weighted by molar-refractivity contribution is 14.1. The van der Waals surface area contributed by atoms with Crippen molar-refractivity contribution in [3.63, 3.8) is 0 Å². The molecule has 4 aromatic carbocycles. The first-order valence-electron chi connectivity index (χ1n) is 11.5. The number of benzene rings is 4. The lowest BCUT2D eigenvalue weighted by Gasteiger charge is -2.14. The number of carbonyl (C=O) groups excluding carboxylic acids is 1. The molecule has 0 aliphatic heterocycles. The molecule has 5 rings (SSSR count). The Morgan fingerprint density at radius 1 is 1.11 bits per heavy atom. The number of thioether (sulfide) groups is 1. The minimum Gasteiger partial charge on any atom is -0.493 e. The fourth-order valence-corrected chi connectivity index (χ4v) is 5.32. The predicted molar refractivity (Wildman–Crippen MR) is 157 cm³/mol. The lowest BCUT2D eigenvalue weighted by molar-refractivity contribution is -0.118. The second-order valence-corrected chi connectivity index (χ2v) is 10.2. The summed E-state index contributed by atoms with van der Waals surface area (Å²) >= 11 is 3.54. The normalized spacial score (nSPS) is 11.3. The van der Waals surface area contributed by atoms with Gasteiger partial charge >= 0.3 is 0 Å². The molecule has 0 aliphatic rings. The number of rotatable bonds is 9. The highest BCUT2D eigenvalue weighted by Crippen LogP contribution is 2.34. The van der Waals surface area contributed by atoms with Crippen LogP contribution in [0.4, 0.5) is 0 Å². The van der Waals surface area contributed by atoms with Crippen LogP contribution in [0.15, 0.2) is 89.1 Å². The van der Waals surface area contributed by atoms with Crippen molar-refractivity contribution < 1.29 is 14.3 Å². The number of aromatic nitrogens is 2. The van der Waals surface area contributed by atoms with Gasteiger partial charge in [0.2, 0.25) is 0 Å². The van der Waals surface area contributed by atoms with Crippen LogP contribution in [0, 0.1) is 3.57 Å². The number of nitrogens with zero attached hydrogens (tertiary/aromatic N) is 2. The molecule has 7 nitrogen and oxygen atoms in total. The van der Waals surface area contributed by atoms with Gasteiger partial charge in [0.05, 0.1) is 33.7 Å². The Morgan fingerprint density at radius 2 is 1.92 bits per heavy atom. The monoisotopic (exact) mass is 622 g/mol. The van der Waals surface area contributed by atoms with Crippen LogP contribution in [-0.4, -0.2) is 35.0 Å². The molecule has 1 amide bonds. The van der Waals surface area contributed by atoms with Crippen molar-refractivity contribution in [1.82, 2.24) is 15.4 Å². The van der Waals surface area contributed by atoms with Gasteiger partial charge in [-0.2, -0.15) is 5.10 Å². The number of H-pyrrole nitrogens is 1. The fourth-order valence-electron chi connectivity index (χ4n) is 3.87. The topological polar surface area (TPSA) is 88.6 Å². The zero-order chi connectivity index (χ0) is 25.6. The third-order valence-corrected chi connectivity index (χ3v) is 7.29. The van der Waals surface area contributed by atoms with Crippen LogP contribution >= 0.6 is 34.4 Å². The molecule has 0 spiro atoms. The average Bonchev–Trinajstić information content (AvgIpc) is 3.34. The van der Waals surface area contributed by atoms with Crippen molar-refractivity contribution in [3.05, 3.63) is 93.6 Å². The number of nitrogens with one attached hydrogen (secondary N) is 2. The minimum absolute atomic E-state index is 0.193. The first-order valence-corrected chi connectivity index (χ1v) is 13.5. The number of hydrogen-bond donors (Lipinski definition) is 2. The van der Waals surface area contributed by atoms with E-state index < -0.39 is 0 Å². The maximum absolute atomic E-state index is 12.2. The number of aromatic amines is 1. The van der Waals surface area contributed by atoms with Crippen LogP contribution in [0.1, 0.15) is 11.1 Å². The van der Waals surface area contributed by atoms with Crippen LogP contribution in [0.5, 0.6) is 11.5 Å². The van der Waals surface area contributed by atoms with E-state index in [1.54, 1.807) is 13.3 Å². The third-order valence-electron chi connectivity index (χ3n) is 5.61. The van der Waals surface area contributed by atoms with Gasteiger partial charge in [-0.1, -0.05) is 66.4 Å². The zero-order valence-electron chi connectivity index (χ0n) is 19.9. The second-order valence-electron chi connectivity index (χ2n) is 8.10. The number of hydrazone groups is 1. The summed E-state index contributed by atoms with van der Waals surface area (Å²) in [6, 6.07) is 25.9. The molecule has 186 valence electrons. The van der Waals surface area contributed by atoms with Crippen LogP contribution in [0.25, 0.3) is 21.8 Å². The molecule has 0 radical (unpaired) electrons. The predicted octanol–water partition coefficient (Wildman–Crippen LogP) is 6.15. The number of para-hydroxylation sites is 2. The van der Waals surface area contributed by atoms with Gasteiger partial charge in [-0.25, -0.2) is 10.4 Å². The highest BCUT2D eigenvalue weighted by Gasteiger charge is 2.13. The van der Waals surface area contributed by atoms with Gasteiger partial charge in [0.1, 0.15) is 6.61 Å². The SMILES string of the molecule is COc1cc(/C=N\NC(=O)CSc2nc3ccccc3[nH]2)cc(I)c1OCc1cccc2ccccc12. The lowest BCUT2D eigenvalue weighted by Crippen LogP contribution is -2.19. The molecule has 0 fully saturated rings. The number of fused-ring (bicyclic) bond motifs is 2. The van der Waals surface area contributed by atoms with Crippen molar-refractivity contribution in [3.8, 4) is 11.5 Å². The number of ether oxygens (including phenoxy) is 2. The van der Waals surface area contributed by atoms with Gasteiger partial charge in [0.15, 0.2) is 16.7 Å². The summed E-state index contributed by atoms with van der Waals surface area (Å²) in [5.41, 5.74) is 6.26. The summed E-state index contributed by atoms with van der Waals surface area (Å²) in [5.74, 6) is 1.23. The molecule has 0 atom stereocenters. The number of imidazole rings is 1. The Morgan fingerprint density at radius 3 is 2.78 bits per heavy atom. The van der Waals surface area contributed by atoms with Gasteiger partial charge in [0, 0.05) is 0 Å². The molecule has 0 aliphatic carbocycles. The summed E-state index contributed by atoms with van der Waals surface area (Å²) < 4.78 is 12.7. The smallest absolute Gasteiger partial charge is 0.250 e. The van der Waals surface area contributed by atoms with Crippen LogP contribution in [-0.2, 0) is 11.4 Å². The number of methoxy groups -OCH3 is 1. The molecule has 0 bridgehead atoms. The molecule has 5 aromatic rings. The van der Waals surface area contributed by atoms with Gasteiger partial charge in [0.25, 0.3) is 5.91 Å². The molecule has 1 heterocycles. The van der Waals surface area contributed by atoms with Crippen molar-refractivity contribution >= 4 is 68.3 Å². The van der Waals surface area contributed by atoms with E-state index in [0.717, 1.165) is 31.1 Å². The Labute approximate surface area is 231 Å². The molecule has 0 saturated carbocycles. The van der Waals surface area contributed by atoms with E-state index in [-0.39, 0.29) is 11.7 Å². The van der Waals surface area contributed by atoms with E-state index >= 15 is 0 Å². The molecule has 9 heteroatoms. The quantitative estimate of drug-likeness (QED) is 0.0892. The molecule has 0 saturated heterocycles. The number of amides is 1. The van der Waals surface area contributed by atoms with E-state index in [1.165, 1.54) is 17.1 Å². The second kappa shape index (κ2) is 11.7. The Balaban J connectivity index is 1.20. The number of halogens is 1. The van der Waals surface area contributed by atoms with E-state index in [2.05, 4.69) is 67.4 Å². The molecule has 0 unspecified atom stereocenters. The highest BCUT2D eigenvalue weighted by atomic mass is 127. The Bertz CT molecular complexity index is 1560. The lowest BCUT2D eigenvalue weighted by atomic mass is 10.1. The van der Waals surface area contributed by atoms with Crippen LogP contribution < -0.4 is 14.9 Å². The van der Waals surface area contributed by atoms with Crippen molar-refractivity contribution in [2.75, 3.05) is 12.9 Å². The first kappa shape index (κ1) is 25.1. The van der Waals surface area contributed by atoms with Gasteiger partial charge in [-0.15, -0.1) is 0 Å². The van der Waals surface area contributed by atoms with Gasteiger partial charge in [-0.3, -0.25) is 4.79 Å². The minimum atomic E-state index is -0.224. The largest absolute Gasteiger partial charge is 0.493 e. The number of hydrogen-bond acceptors (Lipinski definition) is 6. The van der Waals surface area contributed by atoms with E-state index in [9.17, 15) is 4.79 Å². The zero-order valence-corrected chi connectivity index (χ0v) is 22.9. The molecule has 2 N–H and O–H groups in total. The summed E-state index contributed by atoms with van der Waals surface area (Å²) in [4.78, 5) is 19.9. The molecule has 1 aromatic heterocycles. The fraction of sp³-hybridized carbons (Fsp3) is 0.107. The van der Waals surface area contributed by atoms with Crippen LogP contribution in [0.3, 0.4) is 0 Å². The Hall–Kier alpha value is -3.57. The third kappa shape index (κ3) is 6.05. The van der Waals surface area contributed by atoms with E-state index in [1.807, 2.05) is 54.6 Å². The molecular weight excluding hydrogens is 599 g/mol.